The molecule has 4 aromatic rings. The molecule has 0 spiro atoms. The molecule has 3 heterocycles. The molecule has 3 aromatic heterocycles. The third kappa shape index (κ3) is 4.59. The number of alkyl halides is 3. The smallest absolute Gasteiger partial charge is 0.375 e. The van der Waals surface area contributed by atoms with Crippen molar-refractivity contribution in [3.05, 3.63) is 47.1 Å². The van der Waals surface area contributed by atoms with Gasteiger partial charge in [-0.05, 0) is 31.8 Å². The molecule has 0 aliphatic carbocycles. The number of hydrogen-bond donors (Lipinski definition) is 1. The number of aromatic nitrogens is 5. The summed E-state index contributed by atoms with van der Waals surface area (Å²) >= 11 is 6.39. The Balaban J connectivity index is 1.84. The highest BCUT2D eigenvalue weighted by atomic mass is 35.5. The monoisotopic (exact) mass is 451 g/mol. The molecule has 0 amide bonds. The van der Waals surface area contributed by atoms with Crippen LogP contribution in [-0.4, -0.2) is 49.5 Å². The van der Waals surface area contributed by atoms with Gasteiger partial charge in [-0.1, -0.05) is 17.7 Å². The van der Waals surface area contributed by atoms with Gasteiger partial charge in [0.2, 0.25) is 0 Å². The highest BCUT2D eigenvalue weighted by Crippen LogP contribution is 2.34. The fraction of sp³-hybridized carbons (Fsp3) is 0.350. The number of hydrogen-bond acceptors (Lipinski definition) is 5. The van der Waals surface area contributed by atoms with E-state index in [-0.39, 0.29) is 17.2 Å². The van der Waals surface area contributed by atoms with Gasteiger partial charge >= 0.3 is 6.18 Å². The number of halogens is 4. The minimum absolute atomic E-state index is 0.0115. The summed E-state index contributed by atoms with van der Waals surface area (Å²) in [5.74, 6) is 0.380. The van der Waals surface area contributed by atoms with Crippen LogP contribution in [-0.2, 0) is 26.7 Å². The maximum Gasteiger partial charge on any atom is 0.406 e. The summed E-state index contributed by atoms with van der Waals surface area (Å²) < 4.78 is 42.7. The van der Waals surface area contributed by atoms with Crippen LogP contribution in [0.5, 0.6) is 0 Å². The van der Waals surface area contributed by atoms with Crippen molar-refractivity contribution >= 4 is 39.2 Å². The molecule has 4 rings (SSSR count). The van der Waals surface area contributed by atoms with Crippen molar-refractivity contribution in [2.45, 2.75) is 25.8 Å². The van der Waals surface area contributed by atoms with Crippen LogP contribution in [0.1, 0.15) is 11.4 Å². The predicted molar refractivity (Wildman–Crippen MR) is 114 cm³/mol. The summed E-state index contributed by atoms with van der Waals surface area (Å²) in [5, 5.41) is 7.83. The molecule has 0 radical (unpaired) electrons. The molecule has 1 aromatic carbocycles. The van der Waals surface area contributed by atoms with Gasteiger partial charge in [-0.3, -0.25) is 4.68 Å². The van der Waals surface area contributed by atoms with Crippen LogP contribution in [0.25, 0.3) is 21.9 Å². The first-order valence-corrected chi connectivity index (χ1v) is 9.90. The Kier molecular flexibility index (Phi) is 5.52. The van der Waals surface area contributed by atoms with Gasteiger partial charge in [-0.2, -0.15) is 18.3 Å². The molecular weight excluding hydrogens is 431 g/mol. The Bertz CT molecular complexity index is 1240. The quantitative estimate of drug-likeness (QED) is 0.445. The van der Waals surface area contributed by atoms with Gasteiger partial charge in [-0.25, -0.2) is 9.97 Å². The number of nitrogens with zero attached hydrogens (tertiary/aromatic N) is 6. The fourth-order valence-electron chi connectivity index (χ4n) is 3.61. The average Bonchev–Trinajstić information content (AvgIpc) is 3.20. The number of benzene rings is 1. The molecule has 0 aliphatic rings. The molecule has 11 heteroatoms. The highest BCUT2D eigenvalue weighted by Gasteiger charge is 2.31. The lowest BCUT2D eigenvalue weighted by Gasteiger charge is -2.12. The van der Waals surface area contributed by atoms with Gasteiger partial charge in [0.05, 0.1) is 23.9 Å². The van der Waals surface area contributed by atoms with Crippen molar-refractivity contribution in [1.82, 2.24) is 29.2 Å². The summed E-state index contributed by atoms with van der Waals surface area (Å²) in [4.78, 5) is 10.8. The van der Waals surface area contributed by atoms with Gasteiger partial charge in [0.1, 0.15) is 23.4 Å². The molecule has 0 bridgehead atoms. The molecule has 0 unspecified atom stereocenters. The fourth-order valence-corrected chi connectivity index (χ4v) is 3.90. The number of nitrogens with one attached hydrogen (secondary N) is 1. The van der Waals surface area contributed by atoms with Crippen molar-refractivity contribution in [3.63, 3.8) is 0 Å². The molecule has 0 saturated heterocycles. The maximum absolute atomic E-state index is 13.3. The summed E-state index contributed by atoms with van der Waals surface area (Å²) in [6, 6.07) is 5.37. The van der Waals surface area contributed by atoms with Gasteiger partial charge in [-0.15, -0.1) is 0 Å². The molecule has 7 nitrogen and oxygen atoms in total. The van der Waals surface area contributed by atoms with E-state index in [0.29, 0.717) is 28.8 Å². The summed E-state index contributed by atoms with van der Waals surface area (Å²) in [6.45, 7) is -0.267. The zero-order valence-electron chi connectivity index (χ0n) is 17.2. The molecule has 1 N–H and O–H groups in total. The lowest BCUT2D eigenvalue weighted by atomic mass is 10.1. The Morgan fingerprint density at radius 2 is 1.97 bits per heavy atom. The first-order chi connectivity index (χ1) is 14.6. The molecule has 0 saturated carbocycles. The Morgan fingerprint density at radius 1 is 1.19 bits per heavy atom. The second-order valence-corrected chi connectivity index (χ2v) is 8.03. The zero-order valence-corrected chi connectivity index (χ0v) is 18.0. The van der Waals surface area contributed by atoms with E-state index in [0.717, 1.165) is 15.8 Å². The van der Waals surface area contributed by atoms with Crippen LogP contribution >= 0.6 is 11.6 Å². The number of aryl methyl sites for hydroxylation is 1. The zero-order chi connectivity index (χ0) is 22.3. The van der Waals surface area contributed by atoms with E-state index in [4.69, 9.17) is 11.6 Å². The second-order valence-electron chi connectivity index (χ2n) is 7.67. The Hall–Kier alpha value is -2.85. The predicted octanol–water partition coefficient (Wildman–Crippen LogP) is 4.21. The van der Waals surface area contributed by atoms with Crippen LogP contribution in [0.2, 0.25) is 5.15 Å². The van der Waals surface area contributed by atoms with Crippen molar-refractivity contribution in [2.75, 3.05) is 19.4 Å². The Morgan fingerprint density at radius 3 is 2.61 bits per heavy atom. The minimum atomic E-state index is -4.41. The molecule has 31 heavy (non-hydrogen) atoms. The summed E-state index contributed by atoms with van der Waals surface area (Å²) in [6.07, 6.45) is -0.962. The maximum atomic E-state index is 13.3. The van der Waals surface area contributed by atoms with E-state index in [1.807, 2.05) is 31.1 Å². The summed E-state index contributed by atoms with van der Waals surface area (Å²) in [5.41, 5.74) is 2.75. The first kappa shape index (κ1) is 21.4. The highest BCUT2D eigenvalue weighted by molar-refractivity contribution is 6.34. The third-order valence-electron chi connectivity index (χ3n) is 4.76. The van der Waals surface area contributed by atoms with Crippen molar-refractivity contribution in [2.24, 2.45) is 7.05 Å². The summed E-state index contributed by atoms with van der Waals surface area (Å²) in [7, 11) is 5.65. The molecule has 0 aliphatic heterocycles. The molecular formula is C20H21ClF3N7. The van der Waals surface area contributed by atoms with Crippen LogP contribution < -0.4 is 5.32 Å². The number of rotatable bonds is 6. The van der Waals surface area contributed by atoms with E-state index in [2.05, 4.69) is 20.4 Å². The van der Waals surface area contributed by atoms with Crippen molar-refractivity contribution < 1.29 is 13.2 Å². The van der Waals surface area contributed by atoms with Gasteiger partial charge < -0.3 is 14.8 Å². The number of fused-ring (bicyclic) bond motifs is 3. The normalized spacial score (nSPS) is 12.4. The second kappa shape index (κ2) is 8.01. The van der Waals surface area contributed by atoms with Crippen LogP contribution in [0, 0.1) is 0 Å². The minimum Gasteiger partial charge on any atom is -0.375 e. The van der Waals surface area contributed by atoms with Gasteiger partial charge in [0.15, 0.2) is 5.15 Å². The largest absolute Gasteiger partial charge is 0.406 e. The SMILES string of the molecule is CN(C)Cc1ccc2c(c1)c1nc(CNc3cnn(C)c3)nc(Cl)c1n2CC(F)(F)F. The van der Waals surface area contributed by atoms with Gasteiger partial charge in [0.25, 0.3) is 0 Å². The lowest BCUT2D eigenvalue weighted by molar-refractivity contribution is -0.139. The topological polar surface area (TPSA) is 63.8 Å². The van der Waals surface area contributed by atoms with E-state index < -0.39 is 12.7 Å². The van der Waals surface area contributed by atoms with Crippen molar-refractivity contribution in [3.8, 4) is 0 Å². The standard InChI is InChI=1S/C20H21ClF3N7/c1-29(2)9-12-4-5-15-14(6-12)17-18(31(15)11-20(22,23)24)19(21)28-16(27-17)8-25-13-7-26-30(3)10-13/h4-7,10,25H,8-9,11H2,1-3H3. The van der Waals surface area contributed by atoms with E-state index >= 15 is 0 Å². The third-order valence-corrected chi connectivity index (χ3v) is 5.02. The van der Waals surface area contributed by atoms with E-state index in [9.17, 15) is 13.2 Å². The molecule has 0 atom stereocenters. The molecule has 164 valence electrons. The van der Waals surface area contributed by atoms with Crippen LogP contribution in [0.15, 0.2) is 30.6 Å². The first-order valence-electron chi connectivity index (χ1n) is 9.52. The van der Waals surface area contributed by atoms with Crippen LogP contribution in [0.3, 0.4) is 0 Å². The van der Waals surface area contributed by atoms with Crippen LogP contribution in [0.4, 0.5) is 18.9 Å². The van der Waals surface area contributed by atoms with E-state index in [1.54, 1.807) is 30.2 Å². The lowest BCUT2D eigenvalue weighted by Crippen LogP contribution is -2.18. The van der Waals surface area contributed by atoms with Crippen molar-refractivity contribution in [1.29, 1.82) is 0 Å². The Labute approximate surface area is 181 Å². The van der Waals surface area contributed by atoms with Gasteiger partial charge in [0, 0.05) is 25.2 Å². The van der Waals surface area contributed by atoms with E-state index in [1.165, 1.54) is 0 Å². The number of anilines is 1. The average molecular weight is 452 g/mol. The molecule has 0 fully saturated rings.